The quantitative estimate of drug-likeness (QED) is 0.425. The van der Waals surface area contributed by atoms with Gasteiger partial charge in [-0.1, -0.05) is 24.3 Å². The van der Waals surface area contributed by atoms with Crippen LogP contribution >= 0.6 is 0 Å². The third kappa shape index (κ3) is 4.36. The number of hydrogen-bond acceptors (Lipinski definition) is 6. The minimum atomic E-state index is -3.38. The van der Waals surface area contributed by atoms with Gasteiger partial charge >= 0.3 is 0 Å². The molecule has 1 amide bonds. The average Bonchev–Trinajstić information content (AvgIpc) is 2.78. The van der Waals surface area contributed by atoms with Crippen LogP contribution in [0.25, 0.3) is 33.2 Å². The lowest BCUT2D eigenvalue weighted by Gasteiger charge is -2.24. The van der Waals surface area contributed by atoms with Gasteiger partial charge in [0, 0.05) is 42.1 Å². The molecule has 8 heteroatoms. The molecule has 4 rings (SSSR count). The molecular formula is C26H25N3O4S. The smallest absolute Gasteiger partial charge is 0.222 e. The van der Waals surface area contributed by atoms with Gasteiger partial charge in [0.15, 0.2) is 21.4 Å². The lowest BCUT2D eigenvalue weighted by Crippen LogP contribution is -2.28. The fourth-order valence-electron chi connectivity index (χ4n) is 3.71. The Hall–Kier alpha value is -3.78. The molecule has 2 aromatic carbocycles. The van der Waals surface area contributed by atoms with Crippen molar-refractivity contribution in [1.29, 1.82) is 0 Å². The van der Waals surface area contributed by atoms with Crippen LogP contribution < -0.4 is 5.32 Å². The predicted molar refractivity (Wildman–Crippen MR) is 134 cm³/mol. The maximum absolute atomic E-state index is 12.5. The molecule has 0 spiro atoms. The molecule has 0 atom stereocenters. The molecule has 0 aliphatic carbocycles. The first-order chi connectivity index (χ1) is 16.0. The van der Waals surface area contributed by atoms with Crippen molar-refractivity contribution in [2.24, 2.45) is 0 Å². The van der Waals surface area contributed by atoms with E-state index >= 15 is 0 Å². The Balaban J connectivity index is 1.87. The molecule has 0 bridgehead atoms. The Kier molecular flexibility index (Phi) is 5.87. The Morgan fingerprint density at radius 2 is 1.71 bits per heavy atom. The lowest BCUT2D eigenvalue weighted by atomic mass is 9.92. The third-order valence-corrected chi connectivity index (χ3v) is 8.09. The second kappa shape index (κ2) is 8.53. The number of nitrogens with zero attached hydrogens (tertiary/aromatic N) is 2. The summed E-state index contributed by atoms with van der Waals surface area (Å²) in [4.78, 5) is 20.0. The van der Waals surface area contributed by atoms with Crippen LogP contribution in [0.5, 0.6) is 5.75 Å². The van der Waals surface area contributed by atoms with Gasteiger partial charge in [0.05, 0.1) is 10.3 Å². The average molecular weight is 476 g/mol. The van der Waals surface area contributed by atoms with E-state index in [0.29, 0.717) is 11.1 Å². The summed E-state index contributed by atoms with van der Waals surface area (Å²) in [5.74, 6) is -0.366. The van der Waals surface area contributed by atoms with E-state index < -0.39 is 14.6 Å². The van der Waals surface area contributed by atoms with Crippen LogP contribution in [0.15, 0.2) is 67.0 Å². The van der Waals surface area contributed by atoms with Crippen molar-refractivity contribution in [2.45, 2.75) is 25.5 Å². The highest BCUT2D eigenvalue weighted by Crippen LogP contribution is 2.37. The largest absolute Gasteiger partial charge is 0.504 e. The van der Waals surface area contributed by atoms with Crippen molar-refractivity contribution in [3.63, 3.8) is 0 Å². The SMILES string of the molecule is CC(=O)Nc1ncc(-c2cccc(-c3cc(C(C)(C)S(C)(=O)=O)cc4cccnc34)c2)cc1O. The number of aromatic hydroxyl groups is 1. The lowest BCUT2D eigenvalue weighted by molar-refractivity contribution is -0.114. The third-order valence-electron chi connectivity index (χ3n) is 6.00. The van der Waals surface area contributed by atoms with Crippen LogP contribution in [-0.4, -0.2) is 35.7 Å². The van der Waals surface area contributed by atoms with Gasteiger partial charge in [-0.05, 0) is 60.9 Å². The highest BCUT2D eigenvalue weighted by atomic mass is 32.2. The van der Waals surface area contributed by atoms with Crippen molar-refractivity contribution in [3.8, 4) is 28.0 Å². The summed E-state index contributed by atoms with van der Waals surface area (Å²) in [7, 11) is -3.38. The number of rotatable bonds is 5. The molecule has 2 N–H and O–H groups in total. The van der Waals surface area contributed by atoms with Gasteiger partial charge in [0.1, 0.15) is 0 Å². The normalized spacial score (nSPS) is 12.0. The van der Waals surface area contributed by atoms with E-state index in [0.717, 1.165) is 27.6 Å². The minimum Gasteiger partial charge on any atom is -0.504 e. The van der Waals surface area contributed by atoms with Gasteiger partial charge in [-0.15, -0.1) is 0 Å². The summed E-state index contributed by atoms with van der Waals surface area (Å²) < 4.78 is 24.0. The molecular weight excluding hydrogens is 450 g/mol. The molecule has 7 nitrogen and oxygen atoms in total. The van der Waals surface area contributed by atoms with Gasteiger partial charge in [0.25, 0.3) is 0 Å². The van der Waals surface area contributed by atoms with Gasteiger partial charge in [0.2, 0.25) is 5.91 Å². The molecule has 2 heterocycles. The Morgan fingerprint density at radius 3 is 2.38 bits per heavy atom. The fourth-order valence-corrected chi connectivity index (χ4v) is 4.26. The first-order valence-corrected chi connectivity index (χ1v) is 12.5. The van der Waals surface area contributed by atoms with Gasteiger partial charge in [-0.3, -0.25) is 9.78 Å². The van der Waals surface area contributed by atoms with Gasteiger partial charge in [-0.25, -0.2) is 13.4 Å². The zero-order chi connectivity index (χ0) is 24.7. The number of benzene rings is 2. The molecule has 34 heavy (non-hydrogen) atoms. The number of hydrogen-bond donors (Lipinski definition) is 2. The minimum absolute atomic E-state index is 0.0957. The maximum Gasteiger partial charge on any atom is 0.222 e. The Bertz CT molecular complexity index is 1530. The summed E-state index contributed by atoms with van der Waals surface area (Å²) in [5.41, 5.74) is 4.55. The number of nitrogens with one attached hydrogen (secondary N) is 1. The molecule has 0 radical (unpaired) electrons. The van der Waals surface area contributed by atoms with Crippen LogP contribution in [0.1, 0.15) is 26.3 Å². The van der Waals surface area contributed by atoms with E-state index in [1.807, 2.05) is 48.5 Å². The summed E-state index contributed by atoms with van der Waals surface area (Å²) in [6, 6.07) is 16.7. The van der Waals surface area contributed by atoms with Crippen molar-refractivity contribution < 1.29 is 18.3 Å². The topological polar surface area (TPSA) is 109 Å². The number of anilines is 1. The first kappa shape index (κ1) is 23.4. The number of fused-ring (bicyclic) bond motifs is 1. The molecule has 0 unspecified atom stereocenters. The molecule has 0 aliphatic heterocycles. The van der Waals surface area contributed by atoms with Crippen LogP contribution in [0.2, 0.25) is 0 Å². The van der Waals surface area contributed by atoms with E-state index in [1.54, 1.807) is 26.2 Å². The molecule has 4 aromatic rings. The monoisotopic (exact) mass is 475 g/mol. The number of carbonyl (C=O) groups excluding carboxylic acids is 1. The summed E-state index contributed by atoms with van der Waals surface area (Å²) >= 11 is 0. The number of pyridine rings is 2. The van der Waals surface area contributed by atoms with Gasteiger partial charge in [-0.2, -0.15) is 0 Å². The van der Waals surface area contributed by atoms with E-state index in [2.05, 4.69) is 15.3 Å². The van der Waals surface area contributed by atoms with E-state index in [4.69, 9.17) is 0 Å². The summed E-state index contributed by atoms with van der Waals surface area (Å²) in [5, 5.41) is 13.6. The van der Waals surface area contributed by atoms with E-state index in [9.17, 15) is 18.3 Å². The second-order valence-corrected chi connectivity index (χ2v) is 11.3. The van der Waals surface area contributed by atoms with Crippen LogP contribution in [0.4, 0.5) is 5.82 Å². The van der Waals surface area contributed by atoms with Crippen LogP contribution in [0.3, 0.4) is 0 Å². The molecule has 0 aliphatic rings. The van der Waals surface area contributed by atoms with Crippen molar-refractivity contribution in [3.05, 3.63) is 72.6 Å². The highest BCUT2D eigenvalue weighted by molar-refractivity contribution is 7.91. The number of aromatic nitrogens is 2. The standard InChI is InChI=1S/C26H25N3O4S/c1-16(30)29-25-23(31)13-20(15-28-25)17-7-5-8-18(11-17)22-14-21(26(2,3)34(4,32)33)12-19-9-6-10-27-24(19)22/h5-15,31H,1-4H3,(H,28,29,30). The molecule has 2 aromatic heterocycles. The number of sulfone groups is 1. The Labute approximate surface area is 198 Å². The zero-order valence-electron chi connectivity index (χ0n) is 19.3. The highest BCUT2D eigenvalue weighted by Gasteiger charge is 2.33. The van der Waals surface area contributed by atoms with E-state index in [1.165, 1.54) is 19.2 Å². The molecule has 174 valence electrons. The molecule has 0 saturated heterocycles. The summed E-state index contributed by atoms with van der Waals surface area (Å²) in [6.45, 7) is 4.74. The van der Waals surface area contributed by atoms with Crippen molar-refractivity contribution in [1.82, 2.24) is 9.97 Å². The first-order valence-electron chi connectivity index (χ1n) is 10.6. The zero-order valence-corrected chi connectivity index (χ0v) is 20.1. The van der Waals surface area contributed by atoms with Crippen molar-refractivity contribution >= 4 is 32.5 Å². The van der Waals surface area contributed by atoms with E-state index in [-0.39, 0.29) is 17.5 Å². The maximum atomic E-state index is 12.5. The van der Waals surface area contributed by atoms with Crippen molar-refractivity contribution in [2.75, 3.05) is 11.6 Å². The summed E-state index contributed by atoms with van der Waals surface area (Å²) in [6.07, 6.45) is 4.52. The predicted octanol–water partition coefficient (Wildman–Crippen LogP) is 4.91. The fraction of sp³-hybridized carbons (Fsp3) is 0.192. The molecule has 0 saturated carbocycles. The number of carbonyl (C=O) groups is 1. The Morgan fingerprint density at radius 1 is 0.971 bits per heavy atom. The number of amides is 1. The second-order valence-electron chi connectivity index (χ2n) is 8.74. The van der Waals surface area contributed by atoms with Crippen LogP contribution in [0, 0.1) is 0 Å². The molecule has 0 fully saturated rings. The van der Waals surface area contributed by atoms with Crippen LogP contribution in [-0.2, 0) is 19.4 Å². The van der Waals surface area contributed by atoms with Gasteiger partial charge < -0.3 is 10.4 Å².